The van der Waals surface area contributed by atoms with Gasteiger partial charge in [-0.15, -0.1) is 0 Å². The van der Waals surface area contributed by atoms with E-state index in [4.69, 9.17) is 4.74 Å². The highest BCUT2D eigenvalue weighted by Crippen LogP contribution is 2.31. The third-order valence-electron chi connectivity index (χ3n) is 5.32. The number of rotatable bonds is 9. The lowest BCUT2D eigenvalue weighted by Gasteiger charge is -2.16. The first-order valence-corrected chi connectivity index (χ1v) is 11.2. The van der Waals surface area contributed by atoms with Crippen LogP contribution in [-0.2, 0) is 4.79 Å². The summed E-state index contributed by atoms with van der Waals surface area (Å²) in [7, 11) is 4.00. The number of anilines is 1. The Morgan fingerprint density at radius 1 is 0.970 bits per heavy atom. The van der Waals surface area contributed by atoms with Crippen molar-refractivity contribution < 1.29 is 14.6 Å². The highest BCUT2D eigenvalue weighted by Gasteiger charge is 2.19. The van der Waals surface area contributed by atoms with E-state index in [0.29, 0.717) is 24.3 Å². The van der Waals surface area contributed by atoms with Crippen molar-refractivity contribution in [3.8, 4) is 11.5 Å². The maximum absolute atomic E-state index is 13.5. The van der Waals surface area contributed by atoms with Gasteiger partial charge >= 0.3 is 0 Å². The summed E-state index contributed by atoms with van der Waals surface area (Å²) in [5.74, 6) is 0.732. The van der Waals surface area contributed by atoms with Gasteiger partial charge in [-0.25, -0.2) is 0 Å². The quantitative estimate of drug-likeness (QED) is 0.333. The molecule has 2 N–H and O–H groups in total. The lowest BCUT2D eigenvalue weighted by Crippen LogP contribution is -2.19. The molecule has 0 saturated heterocycles. The standard InChI is InChI=1S/C28H32N2O3/c1-5-26(22-8-6-7-20(2)19-22)27(21-9-13-24(31)14-10-21)28(32)29-23-11-15-25(16-12-23)33-18-17-30(3)4/h6-16,19,31H,5,17-18H2,1-4H3,(H,29,32)/b27-26-. The van der Waals surface area contributed by atoms with Crippen LogP contribution in [0.2, 0.25) is 0 Å². The minimum Gasteiger partial charge on any atom is -0.508 e. The smallest absolute Gasteiger partial charge is 0.256 e. The maximum Gasteiger partial charge on any atom is 0.256 e. The minimum absolute atomic E-state index is 0.164. The summed E-state index contributed by atoms with van der Waals surface area (Å²) in [5.41, 5.74) is 5.14. The fourth-order valence-electron chi connectivity index (χ4n) is 3.60. The number of carbonyl (C=O) groups excluding carboxylic acids is 1. The van der Waals surface area contributed by atoms with Crippen LogP contribution in [0.5, 0.6) is 11.5 Å². The molecule has 0 aromatic heterocycles. The Morgan fingerprint density at radius 3 is 2.27 bits per heavy atom. The van der Waals surface area contributed by atoms with Crippen LogP contribution in [0.3, 0.4) is 0 Å². The number of benzene rings is 3. The zero-order valence-corrected chi connectivity index (χ0v) is 19.8. The Bertz CT molecular complexity index is 1100. The number of amides is 1. The van der Waals surface area contributed by atoms with Crippen LogP contribution in [-0.4, -0.2) is 43.2 Å². The third kappa shape index (κ3) is 6.70. The maximum atomic E-state index is 13.5. The summed E-state index contributed by atoms with van der Waals surface area (Å²) < 4.78 is 5.74. The summed E-state index contributed by atoms with van der Waals surface area (Å²) in [5, 5.41) is 12.8. The van der Waals surface area contributed by atoms with E-state index < -0.39 is 0 Å². The van der Waals surface area contributed by atoms with Gasteiger partial charge in [0.1, 0.15) is 18.1 Å². The SMILES string of the molecule is CC/C(=C(/C(=O)Nc1ccc(OCCN(C)C)cc1)c1ccc(O)cc1)c1cccc(C)c1. The van der Waals surface area contributed by atoms with Crippen molar-refractivity contribution in [1.82, 2.24) is 4.90 Å². The number of phenolic OH excluding ortho intramolecular Hbond substituents is 1. The van der Waals surface area contributed by atoms with Crippen LogP contribution in [0.25, 0.3) is 11.1 Å². The van der Waals surface area contributed by atoms with E-state index in [1.165, 1.54) is 0 Å². The second-order valence-electron chi connectivity index (χ2n) is 8.25. The predicted octanol–water partition coefficient (Wildman–Crippen LogP) is 5.60. The molecule has 0 unspecified atom stereocenters. The van der Waals surface area contributed by atoms with Crippen molar-refractivity contribution in [2.45, 2.75) is 20.3 Å². The van der Waals surface area contributed by atoms with Crippen molar-refractivity contribution in [2.75, 3.05) is 32.6 Å². The van der Waals surface area contributed by atoms with E-state index in [1.54, 1.807) is 24.3 Å². The van der Waals surface area contributed by atoms with Gasteiger partial charge in [0.15, 0.2) is 0 Å². The Balaban J connectivity index is 1.91. The van der Waals surface area contributed by atoms with Gasteiger partial charge in [-0.3, -0.25) is 4.79 Å². The van der Waals surface area contributed by atoms with Crippen LogP contribution >= 0.6 is 0 Å². The number of carbonyl (C=O) groups is 1. The molecule has 3 rings (SSSR count). The molecule has 0 atom stereocenters. The van der Waals surface area contributed by atoms with Crippen molar-refractivity contribution in [2.24, 2.45) is 0 Å². The Hall–Kier alpha value is -3.57. The van der Waals surface area contributed by atoms with Crippen LogP contribution in [0.1, 0.15) is 30.0 Å². The molecule has 0 radical (unpaired) electrons. The fraction of sp³-hybridized carbons (Fsp3) is 0.250. The molecule has 0 aliphatic rings. The molecule has 3 aromatic carbocycles. The van der Waals surface area contributed by atoms with Crippen molar-refractivity contribution in [3.63, 3.8) is 0 Å². The average molecular weight is 445 g/mol. The first kappa shape index (κ1) is 24.1. The number of aryl methyl sites for hydroxylation is 1. The Kier molecular flexibility index (Phi) is 8.28. The van der Waals surface area contributed by atoms with E-state index >= 15 is 0 Å². The molecule has 1 amide bonds. The number of nitrogens with zero attached hydrogens (tertiary/aromatic N) is 1. The predicted molar refractivity (Wildman–Crippen MR) is 136 cm³/mol. The van der Waals surface area contributed by atoms with Gasteiger partial charge in [-0.1, -0.05) is 48.9 Å². The number of likely N-dealkylation sites (N-methyl/N-ethyl adjacent to an activating group) is 1. The largest absolute Gasteiger partial charge is 0.508 e. The van der Waals surface area contributed by atoms with Crippen LogP contribution < -0.4 is 10.1 Å². The molecule has 5 nitrogen and oxygen atoms in total. The molecule has 0 spiro atoms. The molecule has 0 aliphatic carbocycles. The van der Waals surface area contributed by atoms with E-state index in [-0.39, 0.29) is 11.7 Å². The summed E-state index contributed by atoms with van der Waals surface area (Å²) in [4.78, 5) is 15.6. The molecular weight excluding hydrogens is 412 g/mol. The highest BCUT2D eigenvalue weighted by molar-refractivity contribution is 6.31. The van der Waals surface area contributed by atoms with E-state index in [9.17, 15) is 9.90 Å². The van der Waals surface area contributed by atoms with Gasteiger partial charge < -0.3 is 20.1 Å². The minimum atomic E-state index is -0.194. The molecule has 0 bridgehead atoms. The average Bonchev–Trinajstić information content (AvgIpc) is 2.79. The molecule has 5 heteroatoms. The summed E-state index contributed by atoms with van der Waals surface area (Å²) in [6.07, 6.45) is 0.686. The number of phenols is 1. The summed E-state index contributed by atoms with van der Waals surface area (Å²) in [6.45, 7) is 5.52. The van der Waals surface area contributed by atoms with Gasteiger partial charge in [-0.05, 0) is 80.5 Å². The zero-order chi connectivity index (χ0) is 23.8. The lowest BCUT2D eigenvalue weighted by molar-refractivity contribution is -0.111. The topological polar surface area (TPSA) is 61.8 Å². The fourth-order valence-corrected chi connectivity index (χ4v) is 3.60. The van der Waals surface area contributed by atoms with Crippen molar-refractivity contribution >= 4 is 22.7 Å². The van der Waals surface area contributed by atoms with Gasteiger partial charge in [-0.2, -0.15) is 0 Å². The van der Waals surface area contributed by atoms with Crippen LogP contribution in [0.15, 0.2) is 72.8 Å². The van der Waals surface area contributed by atoms with Crippen LogP contribution in [0, 0.1) is 6.92 Å². The highest BCUT2D eigenvalue weighted by atomic mass is 16.5. The second kappa shape index (κ2) is 11.3. The molecule has 0 aliphatic heterocycles. The number of nitrogens with one attached hydrogen (secondary N) is 1. The number of ether oxygens (including phenoxy) is 1. The number of hydrogen-bond donors (Lipinski definition) is 2. The molecule has 0 fully saturated rings. The van der Waals surface area contributed by atoms with Crippen LogP contribution in [0.4, 0.5) is 5.69 Å². The number of hydrogen-bond acceptors (Lipinski definition) is 4. The molecular formula is C28H32N2O3. The van der Waals surface area contributed by atoms with Crippen molar-refractivity contribution in [1.29, 1.82) is 0 Å². The van der Waals surface area contributed by atoms with Gasteiger partial charge in [0, 0.05) is 12.2 Å². The van der Waals surface area contributed by atoms with Gasteiger partial charge in [0.25, 0.3) is 5.91 Å². The lowest BCUT2D eigenvalue weighted by atomic mass is 9.91. The first-order valence-electron chi connectivity index (χ1n) is 11.2. The zero-order valence-electron chi connectivity index (χ0n) is 19.8. The normalized spacial score (nSPS) is 11.8. The van der Waals surface area contributed by atoms with E-state index in [1.807, 2.05) is 70.4 Å². The second-order valence-corrected chi connectivity index (χ2v) is 8.25. The molecule has 0 saturated carbocycles. The molecule has 33 heavy (non-hydrogen) atoms. The van der Waals surface area contributed by atoms with Crippen molar-refractivity contribution in [3.05, 3.63) is 89.5 Å². The summed E-state index contributed by atoms with van der Waals surface area (Å²) in [6, 6.07) is 22.3. The molecule has 0 heterocycles. The monoisotopic (exact) mass is 444 g/mol. The van der Waals surface area contributed by atoms with E-state index in [0.717, 1.165) is 34.6 Å². The Morgan fingerprint density at radius 2 is 1.67 bits per heavy atom. The summed E-state index contributed by atoms with van der Waals surface area (Å²) >= 11 is 0. The van der Waals surface area contributed by atoms with E-state index in [2.05, 4.69) is 16.3 Å². The molecule has 3 aromatic rings. The third-order valence-corrected chi connectivity index (χ3v) is 5.32. The number of aromatic hydroxyl groups is 1. The van der Waals surface area contributed by atoms with Gasteiger partial charge in [0.05, 0.1) is 5.57 Å². The Labute approximate surface area is 196 Å². The van der Waals surface area contributed by atoms with Gasteiger partial charge in [0.2, 0.25) is 0 Å². The first-order chi connectivity index (χ1) is 15.9. The number of allylic oxidation sites excluding steroid dienone is 1. The molecule has 172 valence electrons.